The maximum absolute atomic E-state index is 11.5. The van der Waals surface area contributed by atoms with Gasteiger partial charge in [0.15, 0.2) is 0 Å². The number of hydrogen-bond donors (Lipinski definition) is 2. The fourth-order valence-corrected chi connectivity index (χ4v) is 2.17. The van der Waals surface area contributed by atoms with Crippen molar-refractivity contribution in [2.75, 3.05) is 26.3 Å². The second-order valence-electron chi connectivity index (χ2n) is 6.10. The summed E-state index contributed by atoms with van der Waals surface area (Å²) in [4.78, 5) is 11.5. The Morgan fingerprint density at radius 3 is 2.43 bits per heavy atom. The highest BCUT2D eigenvalue weighted by atomic mass is 16.5. The van der Waals surface area contributed by atoms with Gasteiger partial charge in [-0.25, -0.2) is 0 Å². The van der Waals surface area contributed by atoms with Gasteiger partial charge in [0.2, 0.25) is 0 Å². The van der Waals surface area contributed by atoms with E-state index in [-0.39, 0.29) is 12.6 Å². The summed E-state index contributed by atoms with van der Waals surface area (Å²) < 4.78 is 5.23. The first kappa shape index (κ1) is 20.4. The van der Waals surface area contributed by atoms with Crippen molar-refractivity contribution < 1.29 is 14.6 Å². The summed E-state index contributed by atoms with van der Waals surface area (Å²) in [5.74, 6) is 0.738. The van der Waals surface area contributed by atoms with Crippen LogP contribution in [0.15, 0.2) is 0 Å². The Bertz CT molecular complexity index is 232. The van der Waals surface area contributed by atoms with Gasteiger partial charge >= 0.3 is 5.97 Å². The van der Waals surface area contributed by atoms with Crippen LogP contribution < -0.4 is 5.32 Å². The SMILES string of the molecule is CC(C)CCCCCCOC(=O)CCCCCNCCO. The van der Waals surface area contributed by atoms with Crippen LogP contribution in [-0.2, 0) is 9.53 Å². The van der Waals surface area contributed by atoms with E-state index in [0.29, 0.717) is 19.6 Å². The second kappa shape index (κ2) is 15.8. The molecule has 0 unspecified atom stereocenters. The monoisotopic (exact) mass is 301 g/mol. The number of carbonyl (C=O) groups is 1. The molecule has 0 fully saturated rings. The Kier molecular flexibility index (Phi) is 15.3. The molecular formula is C17H35NO3. The lowest BCUT2D eigenvalue weighted by atomic mass is 10.0. The summed E-state index contributed by atoms with van der Waals surface area (Å²) in [5, 5.41) is 11.7. The topological polar surface area (TPSA) is 58.6 Å². The molecule has 126 valence electrons. The molecule has 0 aliphatic heterocycles. The van der Waals surface area contributed by atoms with E-state index >= 15 is 0 Å². The summed E-state index contributed by atoms with van der Waals surface area (Å²) in [7, 11) is 0. The van der Waals surface area contributed by atoms with Crippen LogP contribution in [0.2, 0.25) is 0 Å². The zero-order valence-electron chi connectivity index (χ0n) is 14.0. The van der Waals surface area contributed by atoms with Crippen molar-refractivity contribution in [3.63, 3.8) is 0 Å². The summed E-state index contributed by atoms with van der Waals surface area (Å²) in [6.45, 7) is 6.84. The molecule has 0 aliphatic rings. The van der Waals surface area contributed by atoms with Crippen LogP contribution in [0.5, 0.6) is 0 Å². The lowest BCUT2D eigenvalue weighted by Crippen LogP contribution is -2.19. The zero-order valence-corrected chi connectivity index (χ0v) is 14.0. The summed E-state index contributed by atoms with van der Waals surface area (Å²) in [6, 6.07) is 0. The molecule has 0 saturated carbocycles. The number of esters is 1. The Hall–Kier alpha value is -0.610. The van der Waals surface area contributed by atoms with Crippen molar-refractivity contribution >= 4 is 5.97 Å². The van der Waals surface area contributed by atoms with Crippen LogP contribution in [0, 0.1) is 5.92 Å². The first-order chi connectivity index (χ1) is 10.2. The lowest BCUT2D eigenvalue weighted by Gasteiger charge is -2.06. The van der Waals surface area contributed by atoms with Gasteiger partial charge in [-0.3, -0.25) is 4.79 Å². The van der Waals surface area contributed by atoms with Crippen molar-refractivity contribution in [2.45, 2.75) is 71.6 Å². The van der Waals surface area contributed by atoms with Gasteiger partial charge in [-0.05, 0) is 31.7 Å². The van der Waals surface area contributed by atoms with Gasteiger partial charge in [0.05, 0.1) is 13.2 Å². The fraction of sp³-hybridized carbons (Fsp3) is 0.941. The third-order valence-corrected chi connectivity index (χ3v) is 3.46. The Morgan fingerprint density at radius 1 is 1.00 bits per heavy atom. The average Bonchev–Trinajstić information content (AvgIpc) is 2.45. The van der Waals surface area contributed by atoms with Gasteiger partial charge in [-0.1, -0.05) is 46.0 Å². The minimum absolute atomic E-state index is 0.0551. The number of aliphatic hydroxyl groups excluding tert-OH is 1. The van der Waals surface area contributed by atoms with E-state index in [2.05, 4.69) is 19.2 Å². The molecular weight excluding hydrogens is 266 g/mol. The number of nitrogens with one attached hydrogen (secondary N) is 1. The fourth-order valence-electron chi connectivity index (χ4n) is 2.17. The van der Waals surface area contributed by atoms with Crippen LogP contribution >= 0.6 is 0 Å². The normalized spacial score (nSPS) is 11.0. The van der Waals surface area contributed by atoms with E-state index in [0.717, 1.165) is 44.6 Å². The number of unbranched alkanes of at least 4 members (excludes halogenated alkanes) is 5. The van der Waals surface area contributed by atoms with E-state index in [1.165, 1.54) is 19.3 Å². The Balaban J connectivity index is 3.16. The second-order valence-corrected chi connectivity index (χ2v) is 6.10. The van der Waals surface area contributed by atoms with Gasteiger partial charge in [0.1, 0.15) is 0 Å². The maximum atomic E-state index is 11.5. The standard InChI is InChI=1S/C17H35NO3/c1-16(2)10-6-3-4-9-15-21-17(20)11-7-5-8-12-18-13-14-19/h16,18-19H,3-15H2,1-2H3. The summed E-state index contributed by atoms with van der Waals surface area (Å²) in [5.41, 5.74) is 0. The van der Waals surface area contributed by atoms with Crippen LogP contribution in [0.4, 0.5) is 0 Å². The molecule has 0 spiro atoms. The molecule has 0 heterocycles. The van der Waals surface area contributed by atoms with Crippen LogP contribution in [0.3, 0.4) is 0 Å². The molecule has 0 bridgehead atoms. The van der Waals surface area contributed by atoms with Gasteiger partial charge in [-0.15, -0.1) is 0 Å². The number of ether oxygens (including phenoxy) is 1. The van der Waals surface area contributed by atoms with E-state index in [1.54, 1.807) is 0 Å². The molecule has 0 amide bonds. The molecule has 0 aliphatic carbocycles. The largest absolute Gasteiger partial charge is 0.466 e. The highest BCUT2D eigenvalue weighted by Gasteiger charge is 2.02. The average molecular weight is 301 g/mol. The molecule has 0 aromatic carbocycles. The minimum Gasteiger partial charge on any atom is -0.466 e. The molecule has 4 heteroatoms. The van der Waals surface area contributed by atoms with Gasteiger partial charge in [0.25, 0.3) is 0 Å². The Morgan fingerprint density at radius 2 is 1.71 bits per heavy atom. The molecule has 0 saturated heterocycles. The molecule has 0 rings (SSSR count). The van der Waals surface area contributed by atoms with Crippen LogP contribution in [0.25, 0.3) is 0 Å². The molecule has 4 nitrogen and oxygen atoms in total. The van der Waals surface area contributed by atoms with Gasteiger partial charge in [-0.2, -0.15) is 0 Å². The molecule has 0 aromatic heterocycles. The molecule has 0 atom stereocenters. The molecule has 21 heavy (non-hydrogen) atoms. The third-order valence-electron chi connectivity index (χ3n) is 3.46. The summed E-state index contributed by atoms with van der Waals surface area (Å²) >= 11 is 0. The van der Waals surface area contributed by atoms with E-state index < -0.39 is 0 Å². The smallest absolute Gasteiger partial charge is 0.305 e. The van der Waals surface area contributed by atoms with E-state index in [9.17, 15) is 4.79 Å². The zero-order chi connectivity index (χ0) is 15.8. The lowest BCUT2D eigenvalue weighted by molar-refractivity contribution is -0.143. The summed E-state index contributed by atoms with van der Waals surface area (Å²) in [6.07, 6.45) is 9.50. The number of aliphatic hydroxyl groups is 1. The van der Waals surface area contributed by atoms with Crippen LogP contribution in [0.1, 0.15) is 71.6 Å². The van der Waals surface area contributed by atoms with Crippen molar-refractivity contribution in [1.82, 2.24) is 5.32 Å². The number of carbonyl (C=O) groups excluding carboxylic acids is 1. The van der Waals surface area contributed by atoms with Crippen molar-refractivity contribution in [3.8, 4) is 0 Å². The number of rotatable bonds is 15. The quantitative estimate of drug-likeness (QED) is 0.360. The minimum atomic E-state index is -0.0551. The van der Waals surface area contributed by atoms with Gasteiger partial charge < -0.3 is 15.2 Å². The van der Waals surface area contributed by atoms with Crippen LogP contribution in [-0.4, -0.2) is 37.4 Å². The Labute approximate surface area is 130 Å². The highest BCUT2D eigenvalue weighted by molar-refractivity contribution is 5.69. The van der Waals surface area contributed by atoms with Crippen molar-refractivity contribution in [3.05, 3.63) is 0 Å². The maximum Gasteiger partial charge on any atom is 0.305 e. The predicted molar refractivity (Wildman–Crippen MR) is 87.3 cm³/mol. The van der Waals surface area contributed by atoms with E-state index in [1.807, 2.05) is 0 Å². The molecule has 0 aromatic rings. The van der Waals surface area contributed by atoms with Crippen molar-refractivity contribution in [2.24, 2.45) is 5.92 Å². The predicted octanol–water partition coefficient (Wildman–Crippen LogP) is 3.28. The van der Waals surface area contributed by atoms with E-state index in [4.69, 9.17) is 9.84 Å². The van der Waals surface area contributed by atoms with Crippen molar-refractivity contribution in [1.29, 1.82) is 0 Å². The third kappa shape index (κ3) is 17.3. The van der Waals surface area contributed by atoms with Gasteiger partial charge in [0, 0.05) is 13.0 Å². The first-order valence-corrected chi connectivity index (χ1v) is 8.64. The molecule has 2 N–H and O–H groups in total. The number of hydrogen-bond acceptors (Lipinski definition) is 4. The first-order valence-electron chi connectivity index (χ1n) is 8.64. The molecule has 0 radical (unpaired) electrons. The highest BCUT2D eigenvalue weighted by Crippen LogP contribution is 2.09.